The second-order valence-electron chi connectivity index (χ2n) is 4.16. The van der Waals surface area contributed by atoms with Gasteiger partial charge in [0.15, 0.2) is 0 Å². The monoisotopic (exact) mass is 190 g/mol. The normalized spacial score (nSPS) is 33.7. The maximum absolute atomic E-state index is 11.0. The van der Waals surface area contributed by atoms with Crippen LogP contribution in [0, 0.1) is 11.3 Å². The molecular weight excluding hydrogens is 180 g/mol. The van der Waals surface area contributed by atoms with Gasteiger partial charge in [-0.1, -0.05) is 13.8 Å². The Morgan fingerprint density at radius 3 is 2.50 bits per heavy atom. The Morgan fingerprint density at radius 2 is 2.14 bits per heavy atom. The topological polar surface area (TPSA) is 47.3 Å². The number of hydrogen-bond donors (Lipinski definition) is 0. The van der Waals surface area contributed by atoms with Gasteiger partial charge < -0.3 is 4.42 Å². The minimum atomic E-state index is -0.918. The van der Waals surface area contributed by atoms with Gasteiger partial charge in [0.05, 0.1) is 12.2 Å². The van der Waals surface area contributed by atoms with E-state index in [1.807, 2.05) is 26.4 Å². The van der Waals surface area contributed by atoms with Crippen molar-refractivity contribution in [3.05, 3.63) is 24.2 Å². The van der Waals surface area contributed by atoms with Crippen LogP contribution >= 0.6 is 0 Å². The molecule has 2 radical (unpaired) electrons. The zero-order chi connectivity index (χ0) is 10.4. The highest BCUT2D eigenvalue weighted by atomic mass is 16.3. The maximum atomic E-state index is 11.0. The second kappa shape index (κ2) is 2.56. The Hall–Kier alpha value is -1.38. The zero-order valence-corrected chi connectivity index (χ0v) is 8.03. The first-order valence-electron chi connectivity index (χ1n) is 4.42. The van der Waals surface area contributed by atoms with Crippen LogP contribution in [0.1, 0.15) is 19.6 Å². The van der Waals surface area contributed by atoms with Crippen molar-refractivity contribution in [3.63, 3.8) is 0 Å². The molecule has 0 spiro atoms. The van der Waals surface area contributed by atoms with Crippen LogP contribution in [0.4, 0.5) is 0 Å². The van der Waals surface area contributed by atoms with Gasteiger partial charge in [-0.15, -0.1) is 0 Å². The fraction of sp³-hybridized carbons (Fsp3) is 0.455. The quantitative estimate of drug-likeness (QED) is 0.723. The van der Waals surface area contributed by atoms with Gasteiger partial charge in [0.2, 0.25) is 12.6 Å². The predicted octanol–water partition coefficient (Wildman–Crippen LogP) is 1.39. The Morgan fingerprint density at radius 1 is 1.43 bits per heavy atom. The molecule has 0 amide bonds. The summed E-state index contributed by atoms with van der Waals surface area (Å²) < 4.78 is 5.18. The molecule has 0 bridgehead atoms. The van der Waals surface area contributed by atoms with E-state index in [0.29, 0.717) is 5.76 Å². The summed E-state index contributed by atoms with van der Waals surface area (Å²) in [5.74, 6) is 0.0597. The van der Waals surface area contributed by atoms with E-state index in [2.05, 4.69) is 0 Å². The van der Waals surface area contributed by atoms with Crippen LogP contribution in [0.3, 0.4) is 0 Å². The molecule has 0 aliphatic heterocycles. The second-order valence-corrected chi connectivity index (χ2v) is 4.16. The minimum absolute atomic E-state index is 0.436. The van der Waals surface area contributed by atoms with Crippen molar-refractivity contribution in [2.75, 3.05) is 0 Å². The van der Waals surface area contributed by atoms with Crippen LogP contribution in [-0.2, 0) is 15.0 Å². The van der Waals surface area contributed by atoms with E-state index < -0.39 is 16.7 Å². The summed E-state index contributed by atoms with van der Waals surface area (Å²) in [7, 11) is 0. The van der Waals surface area contributed by atoms with Crippen molar-refractivity contribution in [1.82, 2.24) is 0 Å². The molecule has 72 valence electrons. The fourth-order valence-corrected chi connectivity index (χ4v) is 2.20. The van der Waals surface area contributed by atoms with E-state index in [1.54, 1.807) is 12.1 Å². The summed E-state index contributed by atoms with van der Waals surface area (Å²) in [6.07, 6.45) is 5.32. The van der Waals surface area contributed by atoms with E-state index >= 15 is 0 Å². The maximum Gasteiger partial charge on any atom is 0.214 e. The van der Waals surface area contributed by atoms with Crippen molar-refractivity contribution < 1.29 is 14.0 Å². The van der Waals surface area contributed by atoms with Crippen molar-refractivity contribution >= 4 is 12.6 Å². The molecule has 2 rings (SSSR count). The first-order chi connectivity index (χ1) is 6.61. The molecule has 1 aromatic heterocycles. The lowest BCUT2D eigenvalue weighted by atomic mass is 9.95. The molecular formula is C11H10O3. The van der Waals surface area contributed by atoms with Crippen LogP contribution < -0.4 is 0 Å². The SMILES string of the molecule is CC1(C)C([C]=O)C1([C]=O)c1ccco1. The first kappa shape index (κ1) is 9.19. The molecule has 1 saturated carbocycles. The molecule has 0 aromatic carbocycles. The number of carbonyl (C=O) groups excluding carboxylic acids is 2. The van der Waals surface area contributed by atoms with Gasteiger partial charge >= 0.3 is 0 Å². The van der Waals surface area contributed by atoms with Crippen LogP contribution in [0.25, 0.3) is 0 Å². The average molecular weight is 190 g/mol. The highest BCUT2D eigenvalue weighted by Gasteiger charge is 2.75. The Kier molecular flexibility index (Phi) is 1.68. The van der Waals surface area contributed by atoms with Gasteiger partial charge in [-0.25, -0.2) is 0 Å². The van der Waals surface area contributed by atoms with Crippen LogP contribution in [-0.4, -0.2) is 12.6 Å². The minimum Gasteiger partial charge on any atom is -0.468 e. The van der Waals surface area contributed by atoms with Gasteiger partial charge in [-0.2, -0.15) is 0 Å². The molecule has 3 nitrogen and oxygen atoms in total. The average Bonchev–Trinajstić information content (AvgIpc) is 2.60. The summed E-state index contributed by atoms with van der Waals surface area (Å²) in [5.41, 5.74) is -1.35. The van der Waals surface area contributed by atoms with Crippen molar-refractivity contribution in [3.8, 4) is 0 Å². The number of rotatable bonds is 3. The van der Waals surface area contributed by atoms with Crippen molar-refractivity contribution in [1.29, 1.82) is 0 Å². The summed E-state index contributed by atoms with van der Waals surface area (Å²) in [5, 5.41) is 0. The molecule has 2 unspecified atom stereocenters. The standard InChI is InChI=1S/C11H10O3/c1-10(2)8(6-12)11(10,7-13)9-4-3-5-14-9/h3-5,8H,1-2H3. The first-order valence-corrected chi connectivity index (χ1v) is 4.42. The molecule has 1 aromatic rings. The lowest BCUT2D eigenvalue weighted by Gasteiger charge is -2.07. The van der Waals surface area contributed by atoms with Crippen molar-refractivity contribution in [2.45, 2.75) is 19.3 Å². The summed E-state index contributed by atoms with van der Waals surface area (Å²) >= 11 is 0. The Balaban J connectivity index is 2.49. The Labute approximate surface area is 82.1 Å². The molecule has 0 saturated heterocycles. The van der Waals surface area contributed by atoms with E-state index in [1.165, 1.54) is 6.26 Å². The molecule has 14 heavy (non-hydrogen) atoms. The van der Waals surface area contributed by atoms with Gasteiger partial charge in [0, 0.05) is 0 Å². The molecule has 1 aliphatic rings. The van der Waals surface area contributed by atoms with E-state index in [-0.39, 0.29) is 0 Å². The highest BCUT2D eigenvalue weighted by molar-refractivity contribution is 5.86. The molecule has 0 N–H and O–H groups in total. The lowest BCUT2D eigenvalue weighted by molar-refractivity contribution is 0.431. The largest absolute Gasteiger partial charge is 0.468 e. The number of furan rings is 1. The summed E-state index contributed by atoms with van der Waals surface area (Å²) in [4.78, 5) is 21.7. The van der Waals surface area contributed by atoms with Gasteiger partial charge in [0.1, 0.15) is 11.2 Å². The number of hydrogen-bond acceptors (Lipinski definition) is 3. The third-order valence-electron chi connectivity index (χ3n) is 3.28. The van der Waals surface area contributed by atoms with Crippen LogP contribution in [0.2, 0.25) is 0 Å². The Bertz CT molecular complexity index is 364. The molecule has 2 atom stereocenters. The van der Waals surface area contributed by atoms with Crippen molar-refractivity contribution in [2.24, 2.45) is 11.3 Å². The predicted molar refractivity (Wildman–Crippen MR) is 49.0 cm³/mol. The van der Waals surface area contributed by atoms with E-state index in [0.717, 1.165) is 0 Å². The van der Waals surface area contributed by atoms with Gasteiger partial charge in [0.25, 0.3) is 0 Å². The van der Waals surface area contributed by atoms with Gasteiger partial charge in [-0.05, 0) is 17.5 Å². The van der Waals surface area contributed by atoms with E-state index in [9.17, 15) is 9.59 Å². The summed E-state index contributed by atoms with van der Waals surface area (Å²) in [6.45, 7) is 3.69. The fourth-order valence-electron chi connectivity index (χ4n) is 2.20. The molecule has 1 aliphatic carbocycles. The molecule has 1 fully saturated rings. The van der Waals surface area contributed by atoms with Crippen LogP contribution in [0.5, 0.6) is 0 Å². The summed E-state index contributed by atoms with van der Waals surface area (Å²) in [6, 6.07) is 3.40. The third kappa shape index (κ3) is 0.775. The third-order valence-corrected chi connectivity index (χ3v) is 3.28. The highest BCUT2D eigenvalue weighted by Crippen LogP contribution is 2.67. The zero-order valence-electron chi connectivity index (χ0n) is 8.03. The molecule has 1 heterocycles. The molecule has 3 heteroatoms. The van der Waals surface area contributed by atoms with Gasteiger partial charge in [-0.3, -0.25) is 9.59 Å². The lowest BCUT2D eigenvalue weighted by Crippen LogP contribution is -2.15. The van der Waals surface area contributed by atoms with E-state index in [4.69, 9.17) is 4.42 Å². The smallest absolute Gasteiger partial charge is 0.214 e. The van der Waals surface area contributed by atoms with Crippen LogP contribution in [0.15, 0.2) is 22.8 Å².